The van der Waals surface area contributed by atoms with Gasteiger partial charge in [-0.2, -0.15) is 0 Å². The normalized spacial score (nSPS) is 10.6. The van der Waals surface area contributed by atoms with Crippen molar-refractivity contribution >= 4 is 35.4 Å². The third-order valence-corrected chi connectivity index (χ3v) is 4.29. The van der Waals surface area contributed by atoms with Crippen LogP contribution >= 0.6 is 23.8 Å². The summed E-state index contributed by atoms with van der Waals surface area (Å²) < 4.78 is 12.4. The van der Waals surface area contributed by atoms with Crippen LogP contribution in [-0.2, 0) is 17.9 Å². The summed E-state index contributed by atoms with van der Waals surface area (Å²) in [6.45, 7) is 3.91. The highest BCUT2D eigenvalue weighted by Gasteiger charge is 2.11. The molecule has 0 atom stereocenters. The molecule has 1 aromatic heterocycles. The number of hydrogen-bond acceptors (Lipinski definition) is 5. The highest BCUT2D eigenvalue weighted by Crippen LogP contribution is 2.19. The summed E-state index contributed by atoms with van der Waals surface area (Å²) in [5, 5.41) is 7.63. The molecule has 27 heavy (non-hydrogen) atoms. The molecular weight excluding hydrogens is 386 g/mol. The number of nitrogens with zero attached hydrogens (tertiary/aromatic N) is 2. The van der Waals surface area contributed by atoms with Gasteiger partial charge in [0.15, 0.2) is 6.61 Å². The van der Waals surface area contributed by atoms with E-state index >= 15 is 0 Å². The molecule has 3 rings (SSSR count). The fraction of sp³-hybridized carbons (Fsp3) is 0.211. The van der Waals surface area contributed by atoms with Gasteiger partial charge in [0.25, 0.3) is 10.7 Å². The predicted molar refractivity (Wildman–Crippen MR) is 106 cm³/mol. The van der Waals surface area contributed by atoms with E-state index < -0.39 is 0 Å². The number of amides is 1. The van der Waals surface area contributed by atoms with Gasteiger partial charge in [0, 0.05) is 10.7 Å². The number of carbonyl (C=O) groups is 1. The second-order valence-corrected chi connectivity index (χ2v) is 6.82. The van der Waals surface area contributed by atoms with Crippen molar-refractivity contribution in [2.45, 2.75) is 27.0 Å². The summed E-state index contributed by atoms with van der Waals surface area (Å²) in [6.07, 6.45) is 0. The van der Waals surface area contributed by atoms with E-state index in [1.165, 1.54) is 4.68 Å². The lowest BCUT2D eigenvalue weighted by atomic mass is 10.2. The molecule has 0 bridgehead atoms. The van der Waals surface area contributed by atoms with E-state index in [0.717, 1.165) is 11.1 Å². The van der Waals surface area contributed by atoms with Crippen LogP contribution < -0.4 is 10.1 Å². The molecule has 0 aliphatic carbocycles. The summed E-state index contributed by atoms with van der Waals surface area (Å²) in [4.78, 5) is 12.4. The smallest absolute Gasteiger partial charge is 0.287 e. The number of aromatic nitrogens is 2. The topological polar surface area (TPSA) is 69.3 Å². The van der Waals surface area contributed by atoms with Gasteiger partial charge in [0.05, 0.1) is 0 Å². The van der Waals surface area contributed by atoms with Crippen LogP contribution in [0.5, 0.6) is 5.75 Å². The Balaban J connectivity index is 1.62. The number of nitrogens with one attached hydrogen (secondary N) is 1. The van der Waals surface area contributed by atoms with Gasteiger partial charge in [-0.25, -0.2) is 4.68 Å². The number of anilines is 1. The number of halogens is 1. The Bertz CT molecular complexity index is 1030. The number of carbonyl (C=O) groups excluding carboxylic acids is 1. The van der Waals surface area contributed by atoms with E-state index in [1.54, 1.807) is 18.2 Å². The van der Waals surface area contributed by atoms with Crippen LogP contribution in [0, 0.1) is 18.7 Å². The summed E-state index contributed by atoms with van der Waals surface area (Å²) >= 11 is 11.1. The molecule has 1 amide bonds. The largest absolute Gasteiger partial charge is 0.484 e. The van der Waals surface area contributed by atoms with Gasteiger partial charge in [-0.3, -0.25) is 4.79 Å². The van der Waals surface area contributed by atoms with Crippen LogP contribution in [0.3, 0.4) is 0 Å². The van der Waals surface area contributed by atoms with E-state index in [9.17, 15) is 4.79 Å². The molecule has 6 nitrogen and oxygen atoms in total. The molecule has 0 unspecified atom stereocenters. The zero-order chi connectivity index (χ0) is 19.4. The minimum absolute atomic E-state index is 0.0607. The van der Waals surface area contributed by atoms with E-state index in [-0.39, 0.29) is 23.9 Å². The number of rotatable bonds is 6. The van der Waals surface area contributed by atoms with Crippen molar-refractivity contribution < 1.29 is 13.9 Å². The number of hydrogen-bond donors (Lipinski definition) is 1. The Kier molecular flexibility index (Phi) is 5.93. The van der Waals surface area contributed by atoms with E-state index in [1.807, 2.05) is 38.1 Å². The van der Waals surface area contributed by atoms with Crippen LogP contribution in [0.4, 0.5) is 5.69 Å². The lowest BCUT2D eigenvalue weighted by Gasteiger charge is -2.08. The van der Waals surface area contributed by atoms with E-state index in [2.05, 4.69) is 10.4 Å². The van der Waals surface area contributed by atoms with Crippen molar-refractivity contribution in [3.8, 4) is 5.75 Å². The highest BCUT2D eigenvalue weighted by atomic mass is 35.5. The fourth-order valence-electron chi connectivity index (χ4n) is 2.45. The van der Waals surface area contributed by atoms with Crippen molar-refractivity contribution in [3.05, 3.63) is 69.3 Å². The van der Waals surface area contributed by atoms with Gasteiger partial charge in [-0.15, -0.1) is 5.10 Å². The fourth-order valence-corrected chi connectivity index (χ4v) is 2.88. The monoisotopic (exact) mass is 403 g/mol. The Labute approximate surface area is 166 Å². The zero-order valence-corrected chi connectivity index (χ0v) is 16.4. The quantitative estimate of drug-likeness (QED) is 0.604. The molecule has 0 saturated carbocycles. The van der Waals surface area contributed by atoms with Crippen molar-refractivity contribution in [2.24, 2.45) is 0 Å². The number of benzene rings is 2. The minimum Gasteiger partial charge on any atom is -0.484 e. The molecule has 140 valence electrons. The first kappa shape index (κ1) is 19.1. The summed E-state index contributed by atoms with van der Waals surface area (Å²) in [7, 11) is 0. The summed E-state index contributed by atoms with van der Waals surface area (Å²) in [5.41, 5.74) is 2.64. The zero-order valence-electron chi connectivity index (χ0n) is 14.9. The molecule has 0 aliphatic rings. The molecule has 0 saturated heterocycles. The van der Waals surface area contributed by atoms with Crippen LogP contribution in [0.1, 0.15) is 17.0 Å². The third-order valence-electron chi connectivity index (χ3n) is 3.76. The third kappa shape index (κ3) is 5.18. The minimum atomic E-state index is -0.268. The van der Waals surface area contributed by atoms with Gasteiger partial charge in [-0.1, -0.05) is 23.7 Å². The summed E-state index contributed by atoms with van der Waals surface area (Å²) in [5.74, 6) is 0.745. The molecule has 0 aliphatic heterocycles. The first-order chi connectivity index (χ1) is 12.9. The average molecular weight is 404 g/mol. The van der Waals surface area contributed by atoms with Gasteiger partial charge < -0.3 is 14.5 Å². The van der Waals surface area contributed by atoms with Crippen LogP contribution in [0.25, 0.3) is 0 Å². The Morgan fingerprint density at radius 2 is 2.11 bits per heavy atom. The molecule has 0 fully saturated rings. The second kappa shape index (κ2) is 8.37. The van der Waals surface area contributed by atoms with Gasteiger partial charge >= 0.3 is 0 Å². The second-order valence-electron chi connectivity index (χ2n) is 6.03. The Morgan fingerprint density at radius 1 is 1.30 bits per heavy atom. The molecule has 2 aromatic carbocycles. The maximum Gasteiger partial charge on any atom is 0.287 e. The Morgan fingerprint density at radius 3 is 2.85 bits per heavy atom. The molecule has 1 heterocycles. The Hall–Kier alpha value is -2.64. The molecule has 0 radical (unpaired) electrons. The van der Waals surface area contributed by atoms with Crippen LogP contribution in [0.2, 0.25) is 5.02 Å². The molecular formula is C19H18ClN3O3S. The van der Waals surface area contributed by atoms with Crippen LogP contribution in [0.15, 0.2) is 46.9 Å². The van der Waals surface area contributed by atoms with Crippen molar-refractivity contribution in [3.63, 3.8) is 0 Å². The number of ether oxygens (including phenoxy) is 1. The number of aryl methyl sites for hydroxylation is 2. The van der Waals surface area contributed by atoms with Crippen LogP contribution in [-0.4, -0.2) is 15.7 Å². The lowest BCUT2D eigenvalue weighted by molar-refractivity contribution is -0.117. The molecule has 8 heteroatoms. The van der Waals surface area contributed by atoms with Crippen molar-refractivity contribution in [2.75, 3.05) is 5.32 Å². The maximum atomic E-state index is 12.3. The molecule has 0 spiro atoms. The standard InChI is InChI=1S/C19H18ClN3O3S/c1-12-4-3-5-15(8-12)25-11-18-22-23(19(27)26-18)10-17(24)21-16-7-6-14(20)9-13(16)2/h3-9H,10-11H2,1-2H3,(H,21,24). The maximum absolute atomic E-state index is 12.3. The van der Waals surface area contributed by atoms with Crippen molar-refractivity contribution in [1.82, 2.24) is 9.78 Å². The van der Waals surface area contributed by atoms with Gasteiger partial charge in [0.1, 0.15) is 12.3 Å². The van der Waals surface area contributed by atoms with Gasteiger partial charge in [-0.05, 0) is 67.5 Å². The molecule has 1 N–H and O–H groups in total. The first-order valence-corrected chi connectivity index (χ1v) is 9.01. The first-order valence-electron chi connectivity index (χ1n) is 8.23. The summed E-state index contributed by atoms with van der Waals surface area (Å²) in [6, 6.07) is 12.9. The SMILES string of the molecule is Cc1cccc(OCc2nn(CC(=O)Nc3ccc(Cl)cc3C)c(=S)o2)c1. The van der Waals surface area contributed by atoms with Crippen molar-refractivity contribution in [1.29, 1.82) is 0 Å². The predicted octanol–water partition coefficient (Wildman–Crippen LogP) is 4.69. The highest BCUT2D eigenvalue weighted by molar-refractivity contribution is 7.71. The lowest BCUT2D eigenvalue weighted by Crippen LogP contribution is -2.20. The van der Waals surface area contributed by atoms with E-state index in [4.69, 9.17) is 33.0 Å². The van der Waals surface area contributed by atoms with Gasteiger partial charge in [0.2, 0.25) is 5.91 Å². The molecule has 3 aromatic rings. The average Bonchev–Trinajstić information content (AvgIpc) is 2.95. The van der Waals surface area contributed by atoms with E-state index in [0.29, 0.717) is 22.4 Å².